The smallest absolute Gasteiger partial charge is 0.303 e. The first-order chi connectivity index (χ1) is 7.41. The number of nitrogens with two attached hydrogens (primary N) is 1. The lowest BCUT2D eigenvalue weighted by Crippen LogP contribution is -2.22. The molecule has 0 spiro atoms. The summed E-state index contributed by atoms with van der Waals surface area (Å²) in [6, 6.07) is 3.86. The first kappa shape index (κ1) is 13.9. The van der Waals surface area contributed by atoms with Crippen molar-refractivity contribution < 1.29 is 24.8 Å². The zero-order valence-corrected chi connectivity index (χ0v) is 8.90. The molecular formula is C10H14N2O4. The summed E-state index contributed by atoms with van der Waals surface area (Å²) >= 11 is 0. The van der Waals surface area contributed by atoms with E-state index in [0.717, 1.165) is 0 Å². The summed E-state index contributed by atoms with van der Waals surface area (Å²) in [5, 5.41) is 17.4. The van der Waals surface area contributed by atoms with Crippen LogP contribution in [0.1, 0.15) is 18.4 Å². The average Bonchev–Trinajstić information content (AvgIpc) is 2.15. The first-order valence-electron chi connectivity index (χ1n) is 4.57. The van der Waals surface area contributed by atoms with Crippen molar-refractivity contribution in [1.29, 1.82) is 0 Å². The Bertz CT molecular complexity index is 334. The van der Waals surface area contributed by atoms with Crippen LogP contribution in [0.4, 0.5) is 5.82 Å². The topological polar surface area (TPSA) is 118 Å². The third-order valence-electron chi connectivity index (χ3n) is 1.52. The molecule has 0 aliphatic carbocycles. The fourth-order valence-corrected chi connectivity index (χ4v) is 0.813. The van der Waals surface area contributed by atoms with Gasteiger partial charge in [0, 0.05) is 12.0 Å². The number of H-pyrrole nitrogens is 1. The number of carbonyl (C=O) groups excluding carboxylic acids is 1. The molecule has 0 unspecified atom stereocenters. The molecule has 1 heterocycles. The van der Waals surface area contributed by atoms with E-state index in [4.69, 9.17) is 10.8 Å². The van der Waals surface area contributed by atoms with Gasteiger partial charge in [0.05, 0.1) is 12.6 Å². The SMILES string of the molecule is Cc1cc[nH+]c(N)c1.O=C([O-])CCC(=O)O. The Hall–Kier alpha value is -2.11. The second-order valence-corrected chi connectivity index (χ2v) is 3.09. The van der Waals surface area contributed by atoms with Crippen LogP contribution in [0.15, 0.2) is 18.3 Å². The molecule has 0 atom stereocenters. The lowest BCUT2D eigenvalue weighted by atomic mass is 10.3. The number of aryl methyl sites for hydroxylation is 1. The van der Waals surface area contributed by atoms with E-state index >= 15 is 0 Å². The van der Waals surface area contributed by atoms with Crippen molar-refractivity contribution in [3.8, 4) is 0 Å². The van der Waals surface area contributed by atoms with Crippen LogP contribution in [-0.4, -0.2) is 17.0 Å². The van der Waals surface area contributed by atoms with Gasteiger partial charge in [-0.3, -0.25) is 10.5 Å². The molecule has 0 aliphatic heterocycles. The lowest BCUT2D eigenvalue weighted by molar-refractivity contribution is -0.360. The van der Waals surface area contributed by atoms with Crippen molar-refractivity contribution in [2.45, 2.75) is 19.8 Å². The molecule has 1 rings (SSSR count). The number of nitrogen functional groups attached to an aromatic ring is 1. The van der Waals surface area contributed by atoms with Gasteiger partial charge in [0.2, 0.25) is 0 Å². The van der Waals surface area contributed by atoms with Gasteiger partial charge < -0.3 is 15.0 Å². The Kier molecular flexibility index (Phi) is 6.27. The Morgan fingerprint density at radius 3 is 2.38 bits per heavy atom. The number of rotatable bonds is 3. The number of pyridine rings is 1. The van der Waals surface area contributed by atoms with Crippen LogP contribution < -0.4 is 15.8 Å². The van der Waals surface area contributed by atoms with Crippen LogP contribution >= 0.6 is 0 Å². The molecule has 16 heavy (non-hydrogen) atoms. The molecule has 0 saturated carbocycles. The van der Waals surface area contributed by atoms with E-state index in [2.05, 4.69) is 4.98 Å². The van der Waals surface area contributed by atoms with Gasteiger partial charge in [0.25, 0.3) is 5.82 Å². The minimum absolute atomic E-state index is 0.359. The summed E-state index contributed by atoms with van der Waals surface area (Å²) in [6.45, 7) is 2.00. The largest absolute Gasteiger partial charge is 0.550 e. The van der Waals surface area contributed by atoms with Crippen LogP contribution in [0.2, 0.25) is 0 Å². The molecule has 0 radical (unpaired) electrons. The van der Waals surface area contributed by atoms with Crippen LogP contribution in [0.5, 0.6) is 0 Å². The predicted octanol–water partition coefficient (Wildman–Crippen LogP) is -1.01. The quantitative estimate of drug-likeness (QED) is 0.684. The van der Waals surface area contributed by atoms with Crippen molar-refractivity contribution >= 4 is 17.8 Å². The number of carbonyl (C=O) groups is 2. The van der Waals surface area contributed by atoms with Gasteiger partial charge in [-0.25, -0.2) is 4.98 Å². The molecule has 0 saturated heterocycles. The fourth-order valence-electron chi connectivity index (χ4n) is 0.813. The summed E-state index contributed by atoms with van der Waals surface area (Å²) in [6.07, 6.45) is 1.06. The summed E-state index contributed by atoms with van der Waals surface area (Å²) in [4.78, 5) is 22.0. The third kappa shape index (κ3) is 8.49. The molecule has 6 heteroatoms. The van der Waals surface area contributed by atoms with Crippen molar-refractivity contribution in [3.05, 3.63) is 23.9 Å². The van der Waals surface area contributed by atoms with E-state index in [1.54, 1.807) is 0 Å². The maximum absolute atomic E-state index is 9.61. The minimum atomic E-state index is -1.33. The number of nitrogens with one attached hydrogen (secondary N) is 1. The summed E-state index contributed by atoms with van der Waals surface area (Å²) in [5.41, 5.74) is 6.58. The Morgan fingerprint density at radius 1 is 1.50 bits per heavy atom. The highest BCUT2D eigenvalue weighted by Gasteiger charge is 1.94. The number of hydrogen-bond donors (Lipinski definition) is 2. The van der Waals surface area contributed by atoms with Crippen molar-refractivity contribution in [2.24, 2.45) is 0 Å². The average molecular weight is 226 g/mol. The van der Waals surface area contributed by atoms with Crippen LogP contribution in [0.3, 0.4) is 0 Å². The van der Waals surface area contributed by atoms with Crippen LogP contribution in [-0.2, 0) is 9.59 Å². The molecule has 0 fully saturated rings. The van der Waals surface area contributed by atoms with Gasteiger partial charge in [-0.05, 0) is 25.0 Å². The number of anilines is 1. The molecule has 0 bridgehead atoms. The van der Waals surface area contributed by atoms with Crippen molar-refractivity contribution in [3.63, 3.8) is 0 Å². The second-order valence-electron chi connectivity index (χ2n) is 3.09. The highest BCUT2D eigenvalue weighted by atomic mass is 16.4. The molecule has 0 aliphatic rings. The number of carboxylic acids is 2. The molecule has 0 aromatic carbocycles. The molecule has 1 aromatic heterocycles. The lowest BCUT2D eigenvalue weighted by Gasteiger charge is -1.94. The normalized spacial score (nSPS) is 8.81. The molecule has 88 valence electrons. The highest BCUT2D eigenvalue weighted by Crippen LogP contribution is 1.94. The van der Waals surface area contributed by atoms with E-state index in [1.165, 1.54) is 5.56 Å². The fraction of sp³-hybridized carbons (Fsp3) is 0.300. The van der Waals surface area contributed by atoms with Gasteiger partial charge in [0.15, 0.2) is 0 Å². The minimum Gasteiger partial charge on any atom is -0.550 e. The summed E-state index contributed by atoms with van der Waals surface area (Å²) in [7, 11) is 0. The van der Waals surface area contributed by atoms with E-state index in [1.807, 2.05) is 25.3 Å². The van der Waals surface area contributed by atoms with Gasteiger partial charge in [-0.15, -0.1) is 0 Å². The Labute approximate surface area is 92.7 Å². The van der Waals surface area contributed by atoms with Gasteiger partial charge in [0.1, 0.15) is 0 Å². The van der Waals surface area contributed by atoms with E-state index in [9.17, 15) is 14.7 Å². The number of aromatic nitrogens is 1. The Morgan fingerprint density at radius 2 is 2.12 bits per heavy atom. The number of hydrogen-bond acceptors (Lipinski definition) is 4. The highest BCUT2D eigenvalue weighted by molar-refractivity contribution is 5.74. The van der Waals surface area contributed by atoms with E-state index < -0.39 is 18.4 Å². The van der Waals surface area contributed by atoms with E-state index in [-0.39, 0.29) is 6.42 Å². The van der Waals surface area contributed by atoms with Gasteiger partial charge >= 0.3 is 5.97 Å². The van der Waals surface area contributed by atoms with Gasteiger partial charge in [-0.1, -0.05) is 0 Å². The standard InChI is InChI=1S/C6H8N2.C4H6O4/c1-5-2-3-8-6(7)4-5;5-3(6)1-2-4(7)8/h2-4H,1H3,(H2,7,8);1-2H2,(H,5,6)(H,7,8). The van der Waals surface area contributed by atoms with Crippen molar-refractivity contribution in [1.82, 2.24) is 0 Å². The Balaban J connectivity index is 0.000000281. The molecule has 1 aromatic rings. The molecular weight excluding hydrogens is 212 g/mol. The third-order valence-corrected chi connectivity index (χ3v) is 1.52. The van der Waals surface area contributed by atoms with Crippen LogP contribution in [0.25, 0.3) is 0 Å². The molecule has 4 N–H and O–H groups in total. The van der Waals surface area contributed by atoms with Crippen molar-refractivity contribution in [2.75, 3.05) is 5.73 Å². The van der Waals surface area contributed by atoms with E-state index in [0.29, 0.717) is 5.82 Å². The number of aliphatic carboxylic acids is 2. The zero-order chi connectivity index (χ0) is 12.6. The zero-order valence-electron chi connectivity index (χ0n) is 8.90. The number of aromatic amines is 1. The summed E-state index contributed by atoms with van der Waals surface area (Å²) in [5.74, 6) is -1.73. The van der Waals surface area contributed by atoms with Crippen LogP contribution in [0, 0.1) is 6.92 Å². The number of carboxylic acid groups (broad SMARTS) is 2. The monoisotopic (exact) mass is 226 g/mol. The first-order valence-corrected chi connectivity index (χ1v) is 4.57. The second kappa shape index (κ2) is 7.22. The summed E-state index contributed by atoms with van der Waals surface area (Å²) < 4.78 is 0. The molecule has 6 nitrogen and oxygen atoms in total. The predicted molar refractivity (Wildman–Crippen MR) is 54.0 cm³/mol. The maximum atomic E-state index is 9.61. The maximum Gasteiger partial charge on any atom is 0.303 e. The molecule has 0 amide bonds. The van der Waals surface area contributed by atoms with Gasteiger partial charge in [-0.2, -0.15) is 0 Å².